The zero-order valence-corrected chi connectivity index (χ0v) is 18.6. The molecule has 0 aliphatic heterocycles. The van der Waals surface area contributed by atoms with Gasteiger partial charge in [0.2, 0.25) is 0 Å². The second-order valence-corrected chi connectivity index (χ2v) is 9.43. The standard InChI is InChI=1S/C23H28N2O5S/c1-3-25(20-13-5-4-6-14-20)31(28,29)21-15-9-10-18(16-21)23(27)30-17(2)22(26)24-19-11-7-8-12-19/h4-6,9-10,13-17,19H,3,7-8,11-12H2,1-2H3,(H,24,26). The second-order valence-electron chi connectivity index (χ2n) is 7.57. The van der Waals surface area contributed by atoms with Gasteiger partial charge in [0.15, 0.2) is 6.10 Å². The summed E-state index contributed by atoms with van der Waals surface area (Å²) >= 11 is 0. The number of para-hydroxylation sites is 1. The van der Waals surface area contributed by atoms with Crippen LogP contribution in [-0.4, -0.2) is 39.0 Å². The number of carbonyl (C=O) groups is 2. The minimum absolute atomic E-state index is 0.0179. The molecule has 0 spiro atoms. The Bertz CT molecular complexity index is 1020. The first-order valence-corrected chi connectivity index (χ1v) is 12.0. The molecule has 2 aromatic rings. The Labute approximate surface area is 183 Å². The number of nitrogens with zero attached hydrogens (tertiary/aromatic N) is 1. The molecular formula is C23H28N2O5S. The van der Waals surface area contributed by atoms with E-state index < -0.39 is 22.1 Å². The summed E-state index contributed by atoms with van der Waals surface area (Å²) in [6.45, 7) is 3.49. The van der Waals surface area contributed by atoms with Crippen LogP contribution in [0.15, 0.2) is 59.5 Å². The fraction of sp³-hybridized carbons (Fsp3) is 0.391. The highest BCUT2D eigenvalue weighted by atomic mass is 32.2. The van der Waals surface area contributed by atoms with Crippen LogP contribution < -0.4 is 9.62 Å². The van der Waals surface area contributed by atoms with Crippen LogP contribution in [0.5, 0.6) is 0 Å². The maximum Gasteiger partial charge on any atom is 0.338 e. The van der Waals surface area contributed by atoms with Crippen molar-refractivity contribution in [3.63, 3.8) is 0 Å². The Morgan fingerprint density at radius 2 is 1.77 bits per heavy atom. The number of esters is 1. The van der Waals surface area contributed by atoms with Crippen molar-refractivity contribution in [2.24, 2.45) is 0 Å². The maximum absolute atomic E-state index is 13.2. The second kappa shape index (κ2) is 9.96. The largest absolute Gasteiger partial charge is 0.449 e. The van der Waals surface area contributed by atoms with Crippen molar-refractivity contribution in [3.8, 4) is 0 Å². The van der Waals surface area contributed by atoms with Crippen molar-refractivity contribution in [2.75, 3.05) is 10.8 Å². The van der Waals surface area contributed by atoms with E-state index in [2.05, 4.69) is 5.32 Å². The molecule has 1 unspecified atom stereocenters. The average molecular weight is 445 g/mol. The van der Waals surface area contributed by atoms with Gasteiger partial charge in [-0.15, -0.1) is 0 Å². The van der Waals surface area contributed by atoms with Gasteiger partial charge >= 0.3 is 5.97 Å². The van der Waals surface area contributed by atoms with Crippen molar-refractivity contribution >= 4 is 27.6 Å². The number of nitrogens with one attached hydrogen (secondary N) is 1. The number of hydrogen-bond acceptors (Lipinski definition) is 5. The lowest BCUT2D eigenvalue weighted by Gasteiger charge is -2.23. The number of ether oxygens (including phenoxy) is 1. The van der Waals surface area contributed by atoms with Crippen molar-refractivity contribution < 1.29 is 22.7 Å². The predicted molar refractivity (Wildman–Crippen MR) is 118 cm³/mol. The Kier molecular flexibility index (Phi) is 7.33. The zero-order chi connectivity index (χ0) is 22.4. The summed E-state index contributed by atoms with van der Waals surface area (Å²) in [6.07, 6.45) is 3.06. The van der Waals surface area contributed by atoms with Crippen LogP contribution in [0.4, 0.5) is 5.69 Å². The predicted octanol–water partition coefficient (Wildman–Crippen LogP) is 3.51. The van der Waals surface area contributed by atoms with E-state index in [0.717, 1.165) is 25.7 Å². The van der Waals surface area contributed by atoms with Crippen LogP contribution in [0.25, 0.3) is 0 Å². The van der Waals surface area contributed by atoms with Gasteiger partial charge in [-0.25, -0.2) is 13.2 Å². The molecule has 3 rings (SSSR count). The molecule has 0 bridgehead atoms. The number of rotatable bonds is 8. The molecular weight excluding hydrogens is 416 g/mol. The molecule has 1 amide bonds. The molecule has 1 aliphatic carbocycles. The normalized spacial score (nSPS) is 15.3. The quantitative estimate of drug-likeness (QED) is 0.629. The van der Waals surface area contributed by atoms with Gasteiger partial charge in [-0.05, 0) is 57.0 Å². The molecule has 0 saturated heterocycles. The molecule has 166 valence electrons. The highest BCUT2D eigenvalue weighted by Gasteiger charge is 2.26. The minimum atomic E-state index is -3.87. The van der Waals surface area contributed by atoms with E-state index in [1.165, 1.54) is 35.5 Å². The lowest BCUT2D eigenvalue weighted by Crippen LogP contribution is -2.40. The van der Waals surface area contributed by atoms with Crippen molar-refractivity contribution in [1.29, 1.82) is 0 Å². The lowest BCUT2D eigenvalue weighted by atomic mass is 10.2. The van der Waals surface area contributed by atoms with Gasteiger partial charge in [-0.1, -0.05) is 37.1 Å². The monoisotopic (exact) mass is 444 g/mol. The van der Waals surface area contributed by atoms with Crippen LogP contribution in [0, 0.1) is 0 Å². The first kappa shape index (κ1) is 22.8. The Morgan fingerprint density at radius 3 is 2.42 bits per heavy atom. The Morgan fingerprint density at radius 1 is 1.10 bits per heavy atom. The van der Waals surface area contributed by atoms with Gasteiger partial charge in [0.25, 0.3) is 15.9 Å². The molecule has 0 aromatic heterocycles. The molecule has 2 aromatic carbocycles. The topological polar surface area (TPSA) is 92.8 Å². The summed E-state index contributed by atoms with van der Waals surface area (Å²) in [4.78, 5) is 24.8. The third-order valence-corrected chi connectivity index (χ3v) is 7.24. The molecule has 7 nitrogen and oxygen atoms in total. The molecule has 31 heavy (non-hydrogen) atoms. The number of anilines is 1. The number of benzene rings is 2. The molecule has 1 saturated carbocycles. The summed E-state index contributed by atoms with van der Waals surface area (Å²) in [5.41, 5.74) is 0.612. The molecule has 8 heteroatoms. The van der Waals surface area contributed by atoms with E-state index in [1.807, 2.05) is 6.07 Å². The van der Waals surface area contributed by atoms with E-state index in [4.69, 9.17) is 4.74 Å². The van der Waals surface area contributed by atoms with Crippen LogP contribution in [-0.2, 0) is 19.6 Å². The van der Waals surface area contributed by atoms with Gasteiger partial charge in [0.05, 0.1) is 16.1 Å². The van der Waals surface area contributed by atoms with Crippen molar-refractivity contribution in [3.05, 3.63) is 60.2 Å². The summed E-state index contributed by atoms with van der Waals surface area (Å²) in [7, 11) is -3.87. The third kappa shape index (κ3) is 5.44. The first-order chi connectivity index (χ1) is 14.8. The van der Waals surface area contributed by atoms with Crippen LogP contribution >= 0.6 is 0 Å². The van der Waals surface area contributed by atoms with Crippen LogP contribution in [0.1, 0.15) is 49.9 Å². The fourth-order valence-corrected chi connectivity index (χ4v) is 5.19. The maximum atomic E-state index is 13.2. The smallest absolute Gasteiger partial charge is 0.338 e. The first-order valence-electron chi connectivity index (χ1n) is 10.5. The number of hydrogen-bond donors (Lipinski definition) is 1. The fourth-order valence-electron chi connectivity index (χ4n) is 3.67. The van der Waals surface area contributed by atoms with Crippen LogP contribution in [0.3, 0.4) is 0 Å². The highest BCUT2D eigenvalue weighted by molar-refractivity contribution is 7.92. The molecule has 1 N–H and O–H groups in total. The van der Waals surface area contributed by atoms with Gasteiger partial charge in [0, 0.05) is 12.6 Å². The average Bonchev–Trinajstić information content (AvgIpc) is 3.28. The molecule has 0 radical (unpaired) electrons. The molecule has 1 atom stereocenters. The third-order valence-electron chi connectivity index (χ3n) is 5.34. The summed E-state index contributed by atoms with van der Waals surface area (Å²) in [5, 5.41) is 2.89. The minimum Gasteiger partial charge on any atom is -0.449 e. The molecule has 0 heterocycles. The summed E-state index contributed by atoms with van der Waals surface area (Å²) < 4.78 is 32.9. The number of amides is 1. The van der Waals surface area contributed by atoms with Gasteiger partial charge in [-0.3, -0.25) is 9.10 Å². The number of sulfonamides is 1. The Hall–Kier alpha value is -2.87. The van der Waals surface area contributed by atoms with Crippen molar-refractivity contribution in [1.82, 2.24) is 5.32 Å². The van der Waals surface area contributed by atoms with E-state index in [1.54, 1.807) is 31.2 Å². The number of carbonyl (C=O) groups excluding carboxylic acids is 2. The highest BCUT2D eigenvalue weighted by Crippen LogP contribution is 2.24. The molecule has 1 fully saturated rings. The van der Waals surface area contributed by atoms with Crippen molar-refractivity contribution in [2.45, 2.75) is 56.6 Å². The SMILES string of the molecule is CCN(c1ccccc1)S(=O)(=O)c1cccc(C(=O)OC(C)C(=O)NC2CCCC2)c1. The van der Waals surface area contributed by atoms with E-state index >= 15 is 0 Å². The molecule has 1 aliphatic rings. The zero-order valence-electron chi connectivity index (χ0n) is 17.8. The van der Waals surface area contributed by atoms with Gasteiger partial charge < -0.3 is 10.1 Å². The summed E-state index contributed by atoms with van der Waals surface area (Å²) in [5.74, 6) is -1.08. The van der Waals surface area contributed by atoms with E-state index in [0.29, 0.717) is 5.69 Å². The van der Waals surface area contributed by atoms with Crippen LogP contribution in [0.2, 0.25) is 0 Å². The van der Waals surface area contributed by atoms with E-state index in [-0.39, 0.29) is 29.0 Å². The van der Waals surface area contributed by atoms with Gasteiger partial charge in [0.1, 0.15) is 0 Å². The van der Waals surface area contributed by atoms with E-state index in [9.17, 15) is 18.0 Å². The van der Waals surface area contributed by atoms with Gasteiger partial charge in [-0.2, -0.15) is 0 Å². The summed E-state index contributed by atoms with van der Waals surface area (Å²) in [6, 6.07) is 14.6. The lowest BCUT2D eigenvalue weighted by molar-refractivity contribution is -0.129. The Balaban J connectivity index is 1.74.